The first kappa shape index (κ1) is 21.1. The molecule has 30 heavy (non-hydrogen) atoms. The highest BCUT2D eigenvalue weighted by Crippen LogP contribution is 2.28. The predicted molar refractivity (Wildman–Crippen MR) is 114 cm³/mol. The maximum Gasteiger partial charge on any atom is 0.315 e. The van der Waals surface area contributed by atoms with Crippen molar-refractivity contribution in [2.24, 2.45) is 0 Å². The van der Waals surface area contributed by atoms with Gasteiger partial charge in [-0.15, -0.1) is 10.2 Å². The van der Waals surface area contributed by atoms with Crippen molar-refractivity contribution in [1.82, 2.24) is 30.3 Å². The number of carbonyl (C=O) groups excluding carboxylic acids is 2. The molecule has 8 nitrogen and oxygen atoms in total. The van der Waals surface area contributed by atoms with Gasteiger partial charge in [0.1, 0.15) is 11.6 Å². The van der Waals surface area contributed by atoms with Crippen LogP contribution in [0.2, 0.25) is 0 Å². The van der Waals surface area contributed by atoms with Gasteiger partial charge in [-0.2, -0.15) is 0 Å². The maximum atomic E-state index is 12.7. The Bertz CT molecular complexity index is 727. The predicted octanol–water partition coefficient (Wildman–Crippen LogP) is 2.73. The van der Waals surface area contributed by atoms with Crippen LogP contribution in [0.3, 0.4) is 0 Å². The molecule has 1 saturated carbocycles. The van der Waals surface area contributed by atoms with E-state index in [4.69, 9.17) is 0 Å². The molecule has 0 radical (unpaired) electrons. The molecule has 3 amide bonds. The fraction of sp³-hybridized carbons (Fsp3) is 0.818. The minimum atomic E-state index is -0.141. The van der Waals surface area contributed by atoms with Gasteiger partial charge in [-0.25, -0.2) is 4.79 Å². The van der Waals surface area contributed by atoms with Gasteiger partial charge in [0.05, 0.1) is 0 Å². The number of urea groups is 1. The van der Waals surface area contributed by atoms with Crippen molar-refractivity contribution in [3.05, 3.63) is 11.6 Å². The number of hydrogen-bond acceptors (Lipinski definition) is 4. The highest BCUT2D eigenvalue weighted by molar-refractivity contribution is 5.78. The van der Waals surface area contributed by atoms with Crippen LogP contribution < -0.4 is 10.6 Å². The number of fused-ring (bicyclic) bond motifs is 1. The lowest BCUT2D eigenvalue weighted by Gasteiger charge is -2.32. The zero-order valence-corrected chi connectivity index (χ0v) is 18.1. The summed E-state index contributed by atoms with van der Waals surface area (Å²) in [6.45, 7) is 2.90. The Kier molecular flexibility index (Phi) is 7.23. The van der Waals surface area contributed by atoms with Crippen molar-refractivity contribution in [3.8, 4) is 0 Å². The minimum absolute atomic E-state index is 0.119. The fourth-order valence-electron chi connectivity index (χ4n) is 5.15. The second kappa shape index (κ2) is 10.3. The van der Waals surface area contributed by atoms with E-state index in [-0.39, 0.29) is 23.9 Å². The van der Waals surface area contributed by atoms with Crippen LogP contribution in [0.5, 0.6) is 0 Å². The molecule has 2 N–H and O–H groups in total. The summed E-state index contributed by atoms with van der Waals surface area (Å²) >= 11 is 0. The van der Waals surface area contributed by atoms with Crippen LogP contribution in [-0.4, -0.2) is 57.3 Å². The van der Waals surface area contributed by atoms with E-state index >= 15 is 0 Å². The molecule has 1 atom stereocenters. The Hall–Kier alpha value is -2.12. The average Bonchev–Trinajstić information content (AvgIpc) is 3.02. The van der Waals surface area contributed by atoms with Gasteiger partial charge in [0.25, 0.3) is 0 Å². The molecular weight excluding hydrogens is 380 g/mol. The molecule has 3 aliphatic rings. The van der Waals surface area contributed by atoms with Crippen molar-refractivity contribution < 1.29 is 9.59 Å². The van der Waals surface area contributed by atoms with Gasteiger partial charge in [-0.3, -0.25) is 4.79 Å². The third-order valence-electron chi connectivity index (χ3n) is 6.84. The molecule has 0 bridgehead atoms. The molecule has 0 spiro atoms. The van der Waals surface area contributed by atoms with E-state index in [9.17, 15) is 9.59 Å². The molecule has 0 unspecified atom stereocenters. The first-order valence-corrected chi connectivity index (χ1v) is 11.9. The van der Waals surface area contributed by atoms with Crippen molar-refractivity contribution in [2.45, 2.75) is 95.6 Å². The lowest BCUT2D eigenvalue weighted by Crippen LogP contribution is -2.45. The molecule has 1 aliphatic carbocycles. The smallest absolute Gasteiger partial charge is 0.315 e. The van der Waals surface area contributed by atoms with Crippen LogP contribution in [-0.2, 0) is 17.8 Å². The van der Waals surface area contributed by atoms with Gasteiger partial charge in [0, 0.05) is 51.0 Å². The lowest BCUT2D eigenvalue weighted by atomic mass is 9.96. The Balaban J connectivity index is 1.24. The largest absolute Gasteiger partial charge is 0.342 e. The second-order valence-corrected chi connectivity index (χ2v) is 9.10. The van der Waals surface area contributed by atoms with Crippen molar-refractivity contribution >= 4 is 11.9 Å². The van der Waals surface area contributed by atoms with Gasteiger partial charge < -0.3 is 20.1 Å². The van der Waals surface area contributed by atoms with Gasteiger partial charge in [0.2, 0.25) is 5.91 Å². The molecule has 3 heterocycles. The molecule has 166 valence electrons. The lowest BCUT2D eigenvalue weighted by molar-refractivity contribution is -0.132. The van der Waals surface area contributed by atoms with E-state index < -0.39 is 0 Å². The summed E-state index contributed by atoms with van der Waals surface area (Å²) in [5, 5.41) is 14.8. The Morgan fingerprint density at radius 3 is 2.63 bits per heavy atom. The quantitative estimate of drug-likeness (QED) is 0.772. The van der Waals surface area contributed by atoms with E-state index in [1.54, 1.807) is 0 Å². The third kappa shape index (κ3) is 5.32. The molecule has 4 rings (SSSR count). The van der Waals surface area contributed by atoms with Gasteiger partial charge in [0.15, 0.2) is 0 Å². The summed E-state index contributed by atoms with van der Waals surface area (Å²) in [7, 11) is 0. The number of carbonyl (C=O) groups is 2. The number of nitrogens with zero attached hydrogens (tertiary/aromatic N) is 4. The molecule has 1 aromatic heterocycles. The number of likely N-dealkylation sites (tertiary alicyclic amines) is 1. The maximum absolute atomic E-state index is 12.7. The molecule has 0 aromatic carbocycles. The Morgan fingerprint density at radius 2 is 1.77 bits per heavy atom. The molecule has 2 fully saturated rings. The minimum Gasteiger partial charge on any atom is -0.342 e. The highest BCUT2D eigenvalue weighted by atomic mass is 16.2. The standard InChI is InChI=1S/C22H36N6O2/c29-20(12-13-23-22(30)24-18-9-3-1-4-10-18)27-14-7-8-17(16-27)21-26-25-19-11-5-2-6-15-28(19)21/h17-18H,1-16H2,(H2,23,24,30)/t17-/m1/s1. The van der Waals surface area contributed by atoms with Gasteiger partial charge in [-0.1, -0.05) is 25.7 Å². The van der Waals surface area contributed by atoms with Gasteiger partial charge >= 0.3 is 6.03 Å². The van der Waals surface area contributed by atoms with Crippen molar-refractivity contribution in [3.63, 3.8) is 0 Å². The van der Waals surface area contributed by atoms with E-state index in [2.05, 4.69) is 25.4 Å². The summed E-state index contributed by atoms with van der Waals surface area (Å²) < 4.78 is 2.31. The average molecular weight is 417 g/mol. The number of nitrogens with one attached hydrogen (secondary N) is 2. The summed E-state index contributed by atoms with van der Waals surface area (Å²) in [6.07, 6.45) is 12.8. The number of amides is 3. The molecular formula is C22H36N6O2. The van der Waals surface area contributed by atoms with Crippen LogP contribution in [0.1, 0.15) is 88.2 Å². The first-order valence-electron chi connectivity index (χ1n) is 11.9. The normalized spacial score (nSPS) is 22.8. The zero-order chi connectivity index (χ0) is 20.8. The van der Waals surface area contributed by atoms with Crippen LogP contribution in [0, 0.1) is 0 Å². The second-order valence-electron chi connectivity index (χ2n) is 9.10. The molecule has 2 aliphatic heterocycles. The number of rotatable bonds is 5. The fourth-order valence-corrected chi connectivity index (χ4v) is 5.15. The van der Waals surface area contributed by atoms with E-state index in [0.717, 1.165) is 56.8 Å². The Labute approximate surface area is 179 Å². The van der Waals surface area contributed by atoms with Crippen molar-refractivity contribution in [1.29, 1.82) is 0 Å². The van der Waals surface area contributed by atoms with Gasteiger partial charge in [-0.05, 0) is 38.5 Å². The monoisotopic (exact) mass is 416 g/mol. The third-order valence-corrected chi connectivity index (χ3v) is 6.84. The first-order chi connectivity index (χ1) is 14.7. The number of hydrogen-bond donors (Lipinski definition) is 2. The molecule has 1 saturated heterocycles. The van der Waals surface area contributed by atoms with Crippen LogP contribution >= 0.6 is 0 Å². The summed E-state index contributed by atoms with van der Waals surface area (Å²) in [6, 6.07) is 0.146. The van der Waals surface area contributed by atoms with Crippen LogP contribution in [0.4, 0.5) is 4.79 Å². The molecule has 8 heteroatoms. The van der Waals surface area contributed by atoms with Crippen LogP contribution in [0.15, 0.2) is 0 Å². The zero-order valence-electron chi connectivity index (χ0n) is 18.1. The van der Waals surface area contributed by atoms with Crippen LogP contribution in [0.25, 0.3) is 0 Å². The molecule has 1 aromatic rings. The summed E-state index contributed by atoms with van der Waals surface area (Å²) in [5.41, 5.74) is 0. The summed E-state index contributed by atoms with van der Waals surface area (Å²) in [4.78, 5) is 26.8. The summed E-state index contributed by atoms with van der Waals surface area (Å²) in [5.74, 6) is 2.56. The topological polar surface area (TPSA) is 92.2 Å². The van der Waals surface area contributed by atoms with E-state index in [0.29, 0.717) is 19.5 Å². The van der Waals surface area contributed by atoms with E-state index in [1.807, 2.05) is 4.90 Å². The van der Waals surface area contributed by atoms with E-state index in [1.165, 1.54) is 38.5 Å². The highest BCUT2D eigenvalue weighted by Gasteiger charge is 2.29. The Morgan fingerprint density at radius 1 is 0.933 bits per heavy atom. The number of aryl methyl sites for hydroxylation is 1. The number of piperidine rings is 1. The SMILES string of the molecule is O=C(NCCC(=O)N1CCC[C@@H](c2nnc3n2CCCCC3)C1)NC1CCCCC1. The van der Waals surface area contributed by atoms with Crippen molar-refractivity contribution in [2.75, 3.05) is 19.6 Å². The number of aromatic nitrogens is 3.